The Bertz CT molecular complexity index is 995. The molecular formula is C19H23FN8O. The summed E-state index contributed by atoms with van der Waals surface area (Å²) in [6.07, 6.45) is 11.7. The van der Waals surface area contributed by atoms with Crippen molar-refractivity contribution in [2.24, 2.45) is 0 Å². The molecule has 5 rings (SSSR count). The molecule has 10 heteroatoms. The summed E-state index contributed by atoms with van der Waals surface area (Å²) in [6.45, 7) is 1.41. The predicted octanol–water partition coefficient (Wildman–Crippen LogP) is 1.39. The van der Waals surface area contributed by atoms with Crippen LogP contribution in [0.4, 0.5) is 4.39 Å². The number of fused-ring (bicyclic) bond motifs is 1. The van der Waals surface area contributed by atoms with Crippen LogP contribution in [0.2, 0.25) is 0 Å². The van der Waals surface area contributed by atoms with Crippen LogP contribution in [0.25, 0.3) is 11.5 Å². The van der Waals surface area contributed by atoms with Gasteiger partial charge >= 0.3 is 0 Å². The molecule has 3 aromatic rings. The molecule has 0 unspecified atom stereocenters. The Balaban J connectivity index is 1.27. The minimum atomic E-state index is -0.685. The molecule has 1 aliphatic carbocycles. The number of hydrogen-bond acceptors (Lipinski definition) is 6. The number of carbonyl (C=O) groups excluding carboxylic acids is 1. The zero-order chi connectivity index (χ0) is 19.8. The summed E-state index contributed by atoms with van der Waals surface area (Å²) in [4.78, 5) is 27.9. The molecule has 0 radical (unpaired) electrons. The number of alkyl halides is 1. The monoisotopic (exact) mass is 398 g/mol. The van der Waals surface area contributed by atoms with Crippen LogP contribution in [-0.2, 0) is 0 Å². The van der Waals surface area contributed by atoms with Gasteiger partial charge in [-0.1, -0.05) is 0 Å². The Hall–Kier alpha value is -2.88. The number of nitrogens with zero attached hydrogens (tertiary/aromatic N) is 7. The average Bonchev–Trinajstić information content (AvgIpc) is 3.49. The number of likely N-dealkylation sites (tertiary alicyclic amines) is 1. The van der Waals surface area contributed by atoms with Crippen LogP contribution >= 0.6 is 0 Å². The maximum Gasteiger partial charge on any atom is 0.271 e. The van der Waals surface area contributed by atoms with Crippen LogP contribution in [0.5, 0.6) is 0 Å². The lowest BCUT2D eigenvalue weighted by molar-refractivity contribution is 0.0904. The predicted molar refractivity (Wildman–Crippen MR) is 103 cm³/mol. The lowest BCUT2D eigenvalue weighted by Gasteiger charge is -2.34. The highest BCUT2D eigenvalue weighted by molar-refractivity contribution is 5.92. The number of amides is 1. The zero-order valence-electron chi connectivity index (χ0n) is 16.0. The molecular weight excluding hydrogens is 375 g/mol. The second-order valence-electron chi connectivity index (χ2n) is 7.81. The van der Waals surface area contributed by atoms with Crippen molar-refractivity contribution in [2.45, 2.75) is 50.4 Å². The molecule has 1 atom stereocenters. The van der Waals surface area contributed by atoms with E-state index in [0.29, 0.717) is 30.5 Å². The van der Waals surface area contributed by atoms with Gasteiger partial charge in [0.15, 0.2) is 11.5 Å². The van der Waals surface area contributed by atoms with Gasteiger partial charge in [0.05, 0.1) is 6.20 Å². The van der Waals surface area contributed by atoms with Gasteiger partial charge in [-0.2, -0.15) is 5.10 Å². The van der Waals surface area contributed by atoms with E-state index >= 15 is 0 Å². The molecule has 3 aromatic heterocycles. The Morgan fingerprint density at radius 1 is 1.21 bits per heavy atom. The molecule has 1 saturated heterocycles. The van der Waals surface area contributed by atoms with E-state index in [1.807, 2.05) is 0 Å². The van der Waals surface area contributed by atoms with Gasteiger partial charge in [-0.25, -0.2) is 23.9 Å². The van der Waals surface area contributed by atoms with Crippen LogP contribution in [0.3, 0.4) is 0 Å². The first-order valence-corrected chi connectivity index (χ1v) is 10.0. The van der Waals surface area contributed by atoms with E-state index in [4.69, 9.17) is 0 Å². The molecule has 1 amide bonds. The van der Waals surface area contributed by atoms with Crippen molar-refractivity contribution in [3.8, 4) is 5.82 Å². The summed E-state index contributed by atoms with van der Waals surface area (Å²) >= 11 is 0. The second-order valence-corrected chi connectivity index (χ2v) is 7.81. The van der Waals surface area contributed by atoms with Crippen LogP contribution < -0.4 is 5.32 Å². The number of halogens is 1. The van der Waals surface area contributed by atoms with E-state index in [1.165, 1.54) is 6.33 Å². The van der Waals surface area contributed by atoms with Gasteiger partial charge in [-0.3, -0.25) is 14.3 Å². The third-order valence-electron chi connectivity index (χ3n) is 5.94. The fourth-order valence-electron chi connectivity index (χ4n) is 4.40. The zero-order valence-corrected chi connectivity index (χ0v) is 16.0. The summed E-state index contributed by atoms with van der Waals surface area (Å²) in [7, 11) is 0. The number of nitrogens with one attached hydrogen (secondary N) is 1. The van der Waals surface area contributed by atoms with Gasteiger partial charge in [-0.15, -0.1) is 0 Å². The van der Waals surface area contributed by atoms with E-state index in [1.54, 1.807) is 34.0 Å². The lowest BCUT2D eigenvalue weighted by atomic mass is 9.90. The lowest BCUT2D eigenvalue weighted by Crippen LogP contribution is -2.43. The van der Waals surface area contributed by atoms with Crippen LogP contribution in [0.15, 0.2) is 31.2 Å². The summed E-state index contributed by atoms with van der Waals surface area (Å²) in [5.74, 6) is 0.281. The molecule has 9 nitrogen and oxygen atoms in total. The molecule has 1 N–H and O–H groups in total. The largest absolute Gasteiger partial charge is 0.348 e. The molecule has 0 spiro atoms. The molecule has 4 heterocycles. The first kappa shape index (κ1) is 18.2. The Morgan fingerprint density at radius 3 is 2.79 bits per heavy atom. The van der Waals surface area contributed by atoms with Crippen molar-refractivity contribution < 1.29 is 9.18 Å². The summed E-state index contributed by atoms with van der Waals surface area (Å²) in [6, 6.07) is 0.536. The van der Waals surface area contributed by atoms with Gasteiger partial charge in [0.25, 0.3) is 5.91 Å². The van der Waals surface area contributed by atoms with Gasteiger partial charge in [0.1, 0.15) is 24.5 Å². The highest BCUT2D eigenvalue weighted by Crippen LogP contribution is 2.27. The first-order valence-electron chi connectivity index (χ1n) is 10.0. The number of imidazole rings is 1. The van der Waals surface area contributed by atoms with E-state index < -0.39 is 6.17 Å². The number of rotatable bonds is 4. The third-order valence-corrected chi connectivity index (χ3v) is 5.94. The second kappa shape index (κ2) is 7.51. The van der Waals surface area contributed by atoms with Crippen LogP contribution in [0.1, 0.15) is 42.6 Å². The van der Waals surface area contributed by atoms with E-state index in [2.05, 4.69) is 30.3 Å². The van der Waals surface area contributed by atoms with Crippen molar-refractivity contribution in [1.29, 1.82) is 0 Å². The molecule has 2 fully saturated rings. The number of carbonyl (C=O) groups is 1. The maximum absolute atomic E-state index is 13.5. The SMILES string of the molecule is O=C(NC1CCC(N2CC[C@@H](F)C2)CC1)c1cn2ncnc2c(-n2ccnc2)n1. The van der Waals surface area contributed by atoms with Gasteiger partial charge in [0, 0.05) is 37.6 Å². The summed E-state index contributed by atoms with van der Waals surface area (Å²) in [5.41, 5.74) is 0.838. The van der Waals surface area contributed by atoms with Crippen molar-refractivity contribution in [2.75, 3.05) is 13.1 Å². The number of hydrogen-bond donors (Lipinski definition) is 1. The quantitative estimate of drug-likeness (QED) is 0.714. The highest BCUT2D eigenvalue weighted by atomic mass is 19.1. The summed E-state index contributed by atoms with van der Waals surface area (Å²) in [5, 5.41) is 7.26. The average molecular weight is 398 g/mol. The molecule has 29 heavy (non-hydrogen) atoms. The van der Waals surface area contributed by atoms with Crippen LogP contribution in [-0.4, -0.2) is 71.3 Å². The Labute approximate surface area is 167 Å². The number of aromatic nitrogens is 6. The molecule has 152 valence electrons. The standard InChI is InChI=1S/C19H23FN8O/c20-13-5-7-26(9-13)15-3-1-14(2-4-15)24-19(29)16-10-28-17(22-11-23-28)18(25-16)27-8-6-21-12-27/h6,8,10-15H,1-5,7,9H2,(H,24,29)/t13-,14?,15?/m1/s1. The molecule has 0 aromatic carbocycles. The molecule has 0 bridgehead atoms. The van der Waals surface area contributed by atoms with E-state index in [9.17, 15) is 9.18 Å². The highest BCUT2D eigenvalue weighted by Gasteiger charge is 2.31. The minimum Gasteiger partial charge on any atom is -0.348 e. The van der Waals surface area contributed by atoms with E-state index in [0.717, 1.165) is 32.2 Å². The molecule has 2 aliphatic rings. The van der Waals surface area contributed by atoms with Gasteiger partial charge < -0.3 is 5.32 Å². The van der Waals surface area contributed by atoms with Crippen molar-refractivity contribution >= 4 is 11.6 Å². The summed E-state index contributed by atoms with van der Waals surface area (Å²) < 4.78 is 16.7. The maximum atomic E-state index is 13.5. The van der Waals surface area contributed by atoms with Crippen molar-refractivity contribution in [1.82, 2.24) is 39.3 Å². The van der Waals surface area contributed by atoms with Crippen molar-refractivity contribution in [3.63, 3.8) is 0 Å². The minimum absolute atomic E-state index is 0.104. The van der Waals surface area contributed by atoms with Gasteiger partial charge in [-0.05, 0) is 32.1 Å². The van der Waals surface area contributed by atoms with Crippen molar-refractivity contribution in [3.05, 3.63) is 36.9 Å². The smallest absolute Gasteiger partial charge is 0.271 e. The Kier molecular flexibility index (Phi) is 4.70. The molecule has 1 aliphatic heterocycles. The fourth-order valence-corrected chi connectivity index (χ4v) is 4.40. The first-order chi connectivity index (χ1) is 14.2. The molecule has 1 saturated carbocycles. The Morgan fingerprint density at radius 2 is 2.07 bits per heavy atom. The van der Waals surface area contributed by atoms with Crippen LogP contribution in [0, 0.1) is 0 Å². The third kappa shape index (κ3) is 3.59. The van der Waals surface area contributed by atoms with E-state index in [-0.39, 0.29) is 17.6 Å². The normalized spacial score (nSPS) is 25.5. The van der Waals surface area contributed by atoms with Gasteiger partial charge in [0.2, 0.25) is 0 Å². The fraction of sp³-hybridized carbons (Fsp3) is 0.526. The topological polar surface area (TPSA) is 93.2 Å².